The smallest absolute Gasteiger partial charge is 0.220 e. The highest BCUT2D eigenvalue weighted by Gasteiger charge is 2.21. The molecule has 1 heterocycles. The second-order valence-electron chi connectivity index (χ2n) is 5.29. The number of ether oxygens (including phenoxy) is 2. The van der Waals surface area contributed by atoms with Crippen molar-refractivity contribution in [2.45, 2.75) is 10.1 Å². The largest absolute Gasteiger partial charge is 0.481 e. The third kappa shape index (κ3) is 4.22. The van der Waals surface area contributed by atoms with E-state index < -0.39 is 0 Å². The van der Waals surface area contributed by atoms with Gasteiger partial charge in [0.05, 0.1) is 25.5 Å². The standard InChI is InChI=1S/C19H19N3O2S/c1-23-16-12-17(24-2)22-19(21-16)18(13-6-4-3-5-7-13)25-15-10-8-14(20)9-11-15/h3-12,18H,20H2,1-2H3/t18-/m1/s1. The first-order valence-corrected chi connectivity index (χ1v) is 8.61. The number of nitrogens with two attached hydrogens (primary N) is 1. The SMILES string of the molecule is COc1cc(OC)nc([C@H](Sc2ccc(N)cc2)c2ccccc2)n1. The summed E-state index contributed by atoms with van der Waals surface area (Å²) in [6.45, 7) is 0. The third-order valence-electron chi connectivity index (χ3n) is 3.59. The van der Waals surface area contributed by atoms with Crippen LogP contribution in [-0.4, -0.2) is 24.2 Å². The Balaban J connectivity index is 2.03. The molecule has 0 aliphatic carbocycles. The number of nitrogen functional groups attached to an aromatic ring is 1. The number of nitrogens with zero attached hydrogens (tertiary/aromatic N) is 2. The van der Waals surface area contributed by atoms with Gasteiger partial charge in [0.25, 0.3) is 0 Å². The quantitative estimate of drug-likeness (QED) is 0.534. The third-order valence-corrected chi connectivity index (χ3v) is 4.85. The minimum atomic E-state index is -0.103. The Morgan fingerprint density at radius 3 is 2.04 bits per heavy atom. The molecule has 0 unspecified atom stereocenters. The van der Waals surface area contributed by atoms with Crippen LogP contribution in [0.1, 0.15) is 16.6 Å². The number of methoxy groups -OCH3 is 2. The summed E-state index contributed by atoms with van der Waals surface area (Å²) in [4.78, 5) is 10.1. The maximum Gasteiger partial charge on any atom is 0.220 e. The van der Waals surface area contributed by atoms with Gasteiger partial charge in [-0.2, -0.15) is 9.97 Å². The zero-order valence-electron chi connectivity index (χ0n) is 14.0. The molecule has 0 aliphatic rings. The maximum absolute atomic E-state index is 5.79. The van der Waals surface area contributed by atoms with Crippen molar-refractivity contribution < 1.29 is 9.47 Å². The lowest BCUT2D eigenvalue weighted by molar-refractivity contribution is 0.368. The lowest BCUT2D eigenvalue weighted by atomic mass is 10.1. The molecule has 0 radical (unpaired) electrons. The molecule has 0 saturated carbocycles. The van der Waals surface area contributed by atoms with Gasteiger partial charge in [-0.15, -0.1) is 11.8 Å². The summed E-state index contributed by atoms with van der Waals surface area (Å²) in [5.74, 6) is 1.57. The lowest BCUT2D eigenvalue weighted by Gasteiger charge is -2.17. The number of aromatic nitrogens is 2. The summed E-state index contributed by atoms with van der Waals surface area (Å²) in [5.41, 5.74) is 7.62. The fraction of sp³-hybridized carbons (Fsp3) is 0.158. The lowest BCUT2D eigenvalue weighted by Crippen LogP contribution is -2.06. The second-order valence-corrected chi connectivity index (χ2v) is 6.47. The highest BCUT2D eigenvalue weighted by Crippen LogP contribution is 2.40. The van der Waals surface area contributed by atoms with Crippen molar-refractivity contribution in [3.8, 4) is 11.8 Å². The summed E-state index contributed by atoms with van der Waals surface area (Å²) in [6.07, 6.45) is 0. The molecule has 25 heavy (non-hydrogen) atoms. The van der Waals surface area contributed by atoms with Crippen molar-refractivity contribution >= 4 is 17.4 Å². The Bertz CT molecular complexity index is 804. The molecule has 0 saturated heterocycles. The molecular formula is C19H19N3O2S. The highest BCUT2D eigenvalue weighted by atomic mass is 32.2. The highest BCUT2D eigenvalue weighted by molar-refractivity contribution is 7.99. The van der Waals surface area contributed by atoms with E-state index in [-0.39, 0.29) is 5.25 Å². The van der Waals surface area contributed by atoms with E-state index in [4.69, 9.17) is 15.2 Å². The van der Waals surface area contributed by atoms with Crippen LogP contribution in [0.2, 0.25) is 0 Å². The van der Waals surface area contributed by atoms with Gasteiger partial charge in [0.15, 0.2) is 5.82 Å². The van der Waals surface area contributed by atoms with Crippen LogP contribution in [0.15, 0.2) is 65.6 Å². The molecule has 1 aromatic heterocycles. The molecule has 2 N–H and O–H groups in total. The van der Waals surface area contributed by atoms with Crippen LogP contribution in [0, 0.1) is 0 Å². The summed E-state index contributed by atoms with van der Waals surface area (Å²) in [7, 11) is 3.16. The minimum absolute atomic E-state index is 0.103. The van der Waals surface area contributed by atoms with E-state index >= 15 is 0 Å². The number of hydrogen-bond acceptors (Lipinski definition) is 6. The first-order valence-electron chi connectivity index (χ1n) is 7.73. The van der Waals surface area contributed by atoms with E-state index in [9.17, 15) is 0 Å². The topological polar surface area (TPSA) is 70.3 Å². The van der Waals surface area contributed by atoms with Gasteiger partial charge in [0, 0.05) is 10.6 Å². The molecule has 0 fully saturated rings. The van der Waals surface area contributed by atoms with Crippen molar-refractivity contribution in [1.82, 2.24) is 9.97 Å². The molecule has 5 nitrogen and oxygen atoms in total. The van der Waals surface area contributed by atoms with E-state index in [1.807, 2.05) is 42.5 Å². The molecule has 2 aromatic carbocycles. The molecule has 0 aliphatic heterocycles. The van der Waals surface area contributed by atoms with E-state index in [0.717, 1.165) is 16.1 Å². The molecule has 3 rings (SSSR count). The van der Waals surface area contributed by atoms with Gasteiger partial charge in [-0.05, 0) is 29.8 Å². The van der Waals surface area contributed by atoms with Crippen molar-refractivity contribution in [1.29, 1.82) is 0 Å². The van der Waals surface area contributed by atoms with Crippen LogP contribution in [0.25, 0.3) is 0 Å². The second kappa shape index (κ2) is 7.90. The Kier molecular flexibility index (Phi) is 5.40. The van der Waals surface area contributed by atoms with Gasteiger partial charge < -0.3 is 15.2 Å². The Morgan fingerprint density at radius 2 is 1.48 bits per heavy atom. The van der Waals surface area contributed by atoms with Crippen LogP contribution in [0.3, 0.4) is 0 Å². The number of anilines is 1. The summed E-state index contributed by atoms with van der Waals surface area (Å²) < 4.78 is 10.6. The molecule has 128 valence electrons. The van der Waals surface area contributed by atoms with Gasteiger partial charge in [0.2, 0.25) is 11.8 Å². The van der Waals surface area contributed by atoms with Crippen molar-refractivity contribution in [3.05, 3.63) is 72.1 Å². The van der Waals surface area contributed by atoms with Crippen LogP contribution >= 0.6 is 11.8 Å². The molecular weight excluding hydrogens is 334 g/mol. The van der Waals surface area contributed by atoms with Gasteiger partial charge >= 0.3 is 0 Å². The van der Waals surface area contributed by atoms with Crippen LogP contribution in [0.4, 0.5) is 5.69 Å². The van der Waals surface area contributed by atoms with Gasteiger partial charge in [0.1, 0.15) is 0 Å². The molecule has 0 spiro atoms. The van der Waals surface area contributed by atoms with Gasteiger partial charge in [-0.3, -0.25) is 0 Å². The predicted octanol–water partition coefficient (Wildman–Crippen LogP) is 3.96. The van der Waals surface area contributed by atoms with Crippen molar-refractivity contribution in [3.63, 3.8) is 0 Å². The Labute approximate surface area is 151 Å². The van der Waals surface area contributed by atoms with Crippen LogP contribution in [-0.2, 0) is 0 Å². The monoisotopic (exact) mass is 353 g/mol. The van der Waals surface area contributed by atoms with E-state index in [1.54, 1.807) is 32.0 Å². The molecule has 3 aromatic rings. The Morgan fingerprint density at radius 1 is 0.880 bits per heavy atom. The van der Waals surface area contributed by atoms with E-state index in [0.29, 0.717) is 17.6 Å². The molecule has 1 atom stereocenters. The predicted molar refractivity (Wildman–Crippen MR) is 100 cm³/mol. The first kappa shape index (κ1) is 17.1. The van der Waals surface area contributed by atoms with Crippen LogP contribution in [0.5, 0.6) is 11.8 Å². The first-order chi connectivity index (χ1) is 12.2. The van der Waals surface area contributed by atoms with Gasteiger partial charge in [-0.25, -0.2) is 0 Å². The normalized spacial score (nSPS) is 11.8. The van der Waals surface area contributed by atoms with Crippen LogP contribution < -0.4 is 15.2 Å². The molecule has 6 heteroatoms. The number of benzene rings is 2. The van der Waals surface area contributed by atoms with Crippen molar-refractivity contribution in [2.24, 2.45) is 0 Å². The number of thioether (sulfide) groups is 1. The zero-order valence-corrected chi connectivity index (χ0v) is 14.9. The minimum Gasteiger partial charge on any atom is -0.481 e. The number of rotatable bonds is 6. The summed E-state index contributed by atoms with van der Waals surface area (Å²) >= 11 is 1.65. The van der Waals surface area contributed by atoms with Crippen molar-refractivity contribution in [2.75, 3.05) is 20.0 Å². The maximum atomic E-state index is 5.79. The molecule has 0 bridgehead atoms. The van der Waals surface area contributed by atoms with E-state index in [1.165, 1.54) is 0 Å². The average molecular weight is 353 g/mol. The van der Waals surface area contributed by atoms with Gasteiger partial charge in [-0.1, -0.05) is 30.3 Å². The molecule has 0 amide bonds. The summed E-state index contributed by atoms with van der Waals surface area (Å²) in [6, 6.07) is 19.5. The average Bonchev–Trinajstić information content (AvgIpc) is 2.67. The summed E-state index contributed by atoms with van der Waals surface area (Å²) in [5, 5.41) is -0.103. The number of hydrogen-bond donors (Lipinski definition) is 1. The van der Waals surface area contributed by atoms with E-state index in [2.05, 4.69) is 22.1 Å². The fourth-order valence-corrected chi connectivity index (χ4v) is 3.40. The Hall–Kier alpha value is -2.73. The fourth-order valence-electron chi connectivity index (χ4n) is 2.33. The zero-order chi connectivity index (χ0) is 17.6.